The number of ketones is 1. The van der Waals surface area contributed by atoms with E-state index in [-0.39, 0.29) is 5.78 Å². The number of carbonyl (C=O) groups excluding carboxylic acids is 1. The molecule has 0 aliphatic carbocycles. The molecule has 2 rings (SSSR count). The quantitative estimate of drug-likeness (QED) is 0.589. The van der Waals surface area contributed by atoms with Gasteiger partial charge in [-0.05, 0) is 0 Å². The van der Waals surface area contributed by atoms with Crippen LogP contribution in [0.2, 0.25) is 0 Å². The van der Waals surface area contributed by atoms with Gasteiger partial charge in [0.15, 0.2) is 0 Å². The fourth-order valence-corrected chi connectivity index (χ4v) is 2.63. The Hall–Kier alpha value is -0.852. The summed E-state index contributed by atoms with van der Waals surface area (Å²) in [7, 11) is 0. The van der Waals surface area contributed by atoms with E-state index in [4.69, 9.17) is 0 Å². The first kappa shape index (κ1) is 9.69. The number of thiophene rings is 1. The average Bonchev–Trinajstić information content (AvgIpc) is 2.70. The van der Waals surface area contributed by atoms with E-state index in [2.05, 4.69) is 0 Å². The molecule has 70 valence electrons. The summed E-state index contributed by atoms with van der Waals surface area (Å²) in [6.07, 6.45) is 0. The van der Waals surface area contributed by atoms with Gasteiger partial charge in [-0.3, -0.25) is 0 Å². The molecule has 1 atom stereocenters. The predicted molar refractivity (Wildman–Crippen MR) is 62.4 cm³/mol. The summed E-state index contributed by atoms with van der Waals surface area (Å²) in [6.45, 7) is 0. The van der Waals surface area contributed by atoms with Gasteiger partial charge in [-0.15, -0.1) is 0 Å². The fourth-order valence-electron chi connectivity index (χ4n) is 1.24. The standard InChI is InChI=1S/C11H9AsOS/c12-9-5-2-1-4-8(9)11(13)10-6-3-7-14-10/h1-7H,12H2. The number of hydrogen-bond acceptors (Lipinski definition) is 2. The van der Waals surface area contributed by atoms with Crippen LogP contribution in [0.3, 0.4) is 0 Å². The molecule has 0 saturated heterocycles. The first-order valence-electron chi connectivity index (χ1n) is 4.22. The zero-order valence-corrected chi connectivity index (χ0v) is 10.7. The van der Waals surface area contributed by atoms with Gasteiger partial charge in [0.25, 0.3) is 0 Å². The number of carbonyl (C=O) groups is 1. The Morgan fingerprint density at radius 2 is 1.93 bits per heavy atom. The molecule has 1 heterocycles. The van der Waals surface area contributed by atoms with Crippen LogP contribution in [0.15, 0.2) is 41.8 Å². The Kier molecular flexibility index (Phi) is 2.85. The van der Waals surface area contributed by atoms with Gasteiger partial charge in [0.2, 0.25) is 0 Å². The predicted octanol–water partition coefficient (Wildman–Crippen LogP) is 1.24. The van der Waals surface area contributed by atoms with E-state index in [1.54, 1.807) is 0 Å². The summed E-state index contributed by atoms with van der Waals surface area (Å²) >= 11 is 2.98. The van der Waals surface area contributed by atoms with Crippen molar-refractivity contribution in [3.63, 3.8) is 0 Å². The Labute approximate surface area is 95.3 Å². The van der Waals surface area contributed by atoms with Crippen LogP contribution in [0.4, 0.5) is 0 Å². The van der Waals surface area contributed by atoms with Crippen LogP contribution in [-0.2, 0) is 0 Å². The molecule has 0 saturated carbocycles. The van der Waals surface area contributed by atoms with Gasteiger partial charge in [-0.1, -0.05) is 0 Å². The zero-order valence-electron chi connectivity index (χ0n) is 7.44. The van der Waals surface area contributed by atoms with Crippen molar-refractivity contribution in [2.45, 2.75) is 0 Å². The Balaban J connectivity index is 2.42. The minimum absolute atomic E-state index is 0.139. The van der Waals surface area contributed by atoms with Crippen molar-refractivity contribution in [1.29, 1.82) is 0 Å². The summed E-state index contributed by atoms with van der Waals surface area (Å²) in [4.78, 5) is 12.8. The molecule has 0 bridgehead atoms. The summed E-state index contributed by atoms with van der Waals surface area (Å²) in [5.41, 5.74) is 0.829. The second kappa shape index (κ2) is 4.12. The monoisotopic (exact) mass is 264 g/mol. The molecular weight excluding hydrogens is 255 g/mol. The normalized spacial score (nSPS) is 10.1. The van der Waals surface area contributed by atoms with E-state index < -0.39 is 0 Å². The van der Waals surface area contributed by atoms with Crippen LogP contribution in [0.25, 0.3) is 0 Å². The van der Waals surface area contributed by atoms with E-state index in [0.29, 0.717) is 0 Å². The van der Waals surface area contributed by atoms with E-state index in [0.717, 1.165) is 14.8 Å². The van der Waals surface area contributed by atoms with Gasteiger partial charge < -0.3 is 0 Å². The van der Waals surface area contributed by atoms with E-state index in [9.17, 15) is 4.79 Å². The molecular formula is C11H9AsOS. The molecule has 0 radical (unpaired) electrons. The van der Waals surface area contributed by atoms with Crippen molar-refractivity contribution < 1.29 is 4.79 Å². The van der Waals surface area contributed by atoms with Crippen molar-refractivity contribution in [3.8, 4) is 0 Å². The molecule has 1 nitrogen and oxygen atoms in total. The van der Waals surface area contributed by atoms with E-state index in [1.165, 1.54) is 28.2 Å². The molecule has 0 spiro atoms. The molecule has 0 aliphatic rings. The maximum atomic E-state index is 11.9. The fraction of sp³-hybridized carbons (Fsp3) is 0. The number of hydrogen-bond donors (Lipinski definition) is 0. The molecule has 14 heavy (non-hydrogen) atoms. The van der Waals surface area contributed by atoms with Crippen molar-refractivity contribution >= 4 is 38.3 Å². The second-order valence-electron chi connectivity index (χ2n) is 2.89. The first-order valence-corrected chi connectivity index (χ1v) is 6.31. The summed E-state index contributed by atoms with van der Waals surface area (Å²) in [6, 6.07) is 11.5. The van der Waals surface area contributed by atoms with Crippen molar-refractivity contribution in [2.75, 3.05) is 0 Å². The van der Waals surface area contributed by atoms with Crippen LogP contribution in [0, 0.1) is 0 Å². The van der Waals surface area contributed by atoms with Gasteiger partial charge in [0, 0.05) is 0 Å². The molecule has 1 unspecified atom stereocenters. The molecule has 0 amide bonds. The minimum atomic E-state index is 0.139. The average molecular weight is 264 g/mol. The maximum absolute atomic E-state index is 11.9. The van der Waals surface area contributed by atoms with Gasteiger partial charge in [0.05, 0.1) is 0 Å². The topological polar surface area (TPSA) is 17.1 Å². The van der Waals surface area contributed by atoms with E-state index >= 15 is 0 Å². The molecule has 3 heteroatoms. The third kappa shape index (κ3) is 1.82. The first-order chi connectivity index (χ1) is 6.79. The van der Waals surface area contributed by atoms with Gasteiger partial charge >= 0.3 is 95.3 Å². The van der Waals surface area contributed by atoms with Crippen molar-refractivity contribution in [1.82, 2.24) is 0 Å². The summed E-state index contributed by atoms with van der Waals surface area (Å²) in [5, 5.41) is 1.93. The molecule has 0 fully saturated rings. The van der Waals surface area contributed by atoms with Crippen LogP contribution >= 0.6 is 11.3 Å². The molecule has 2 aromatic rings. The molecule has 0 aliphatic heterocycles. The number of benzene rings is 1. The summed E-state index contributed by atoms with van der Waals surface area (Å²) < 4.78 is 1.10. The van der Waals surface area contributed by atoms with Crippen molar-refractivity contribution in [2.24, 2.45) is 0 Å². The van der Waals surface area contributed by atoms with Crippen LogP contribution in [0.5, 0.6) is 0 Å². The summed E-state index contributed by atoms with van der Waals surface area (Å²) in [5.74, 6) is 0.139. The van der Waals surface area contributed by atoms with E-state index in [1.807, 2.05) is 41.8 Å². The SMILES string of the molecule is O=C(c1cccs1)c1ccccc1[AsH2]. The Bertz CT molecular complexity index is 448. The third-order valence-electron chi connectivity index (χ3n) is 1.95. The van der Waals surface area contributed by atoms with Gasteiger partial charge in [-0.2, -0.15) is 0 Å². The second-order valence-corrected chi connectivity index (χ2v) is 5.15. The molecule has 1 aromatic heterocycles. The zero-order chi connectivity index (χ0) is 9.97. The van der Waals surface area contributed by atoms with Crippen LogP contribution < -0.4 is 4.35 Å². The Morgan fingerprint density at radius 1 is 1.14 bits per heavy atom. The Morgan fingerprint density at radius 3 is 2.57 bits per heavy atom. The molecule has 0 N–H and O–H groups in total. The van der Waals surface area contributed by atoms with Crippen LogP contribution in [0.1, 0.15) is 15.2 Å². The number of rotatable bonds is 2. The van der Waals surface area contributed by atoms with Gasteiger partial charge in [-0.25, -0.2) is 0 Å². The van der Waals surface area contributed by atoms with Crippen LogP contribution in [-0.4, -0.2) is 22.6 Å². The third-order valence-corrected chi connectivity index (χ3v) is 3.88. The van der Waals surface area contributed by atoms with Gasteiger partial charge in [0.1, 0.15) is 0 Å². The molecule has 1 aromatic carbocycles. The van der Waals surface area contributed by atoms with Crippen molar-refractivity contribution in [3.05, 3.63) is 52.2 Å².